The molecular weight excluding hydrogens is 375 g/mol. The number of rotatable bonds is 9. The number of allylic oxidation sites excluding steroid dienone is 1. The maximum absolute atomic E-state index is 12.5. The summed E-state index contributed by atoms with van der Waals surface area (Å²) in [5.41, 5.74) is 6.38. The average Bonchev–Trinajstić information content (AvgIpc) is 3.40. The number of nitrogens with two attached hydrogens (primary N) is 1. The molecule has 8 nitrogen and oxygen atoms in total. The summed E-state index contributed by atoms with van der Waals surface area (Å²) in [6.07, 6.45) is 6.58. The Labute approximate surface area is 169 Å². The molecule has 1 aromatic carbocycles. The fraction of sp³-hybridized carbons (Fsp3) is 0.300. The second-order valence-electron chi connectivity index (χ2n) is 7.10. The molecule has 1 fully saturated rings. The van der Waals surface area contributed by atoms with E-state index in [0.29, 0.717) is 0 Å². The van der Waals surface area contributed by atoms with Crippen molar-refractivity contribution >= 4 is 19.0 Å². The van der Waals surface area contributed by atoms with Crippen LogP contribution in [0.4, 0.5) is 0 Å². The topological polar surface area (TPSA) is 153 Å². The SMILES string of the molecule is C=C(C=C(C=CC)C1(N)CC1)C(=O)NC(Cc1cccc(C(=O)O)c1O)B(O)O. The molecule has 1 aliphatic carbocycles. The number of aromatic hydroxyl groups is 1. The van der Waals surface area contributed by atoms with E-state index in [-0.39, 0.29) is 23.1 Å². The van der Waals surface area contributed by atoms with Crippen molar-refractivity contribution in [2.75, 3.05) is 0 Å². The van der Waals surface area contributed by atoms with E-state index in [2.05, 4.69) is 11.9 Å². The zero-order valence-corrected chi connectivity index (χ0v) is 16.1. The van der Waals surface area contributed by atoms with Gasteiger partial charge in [-0.1, -0.05) is 30.9 Å². The van der Waals surface area contributed by atoms with Crippen molar-refractivity contribution in [2.45, 2.75) is 37.7 Å². The zero-order valence-electron chi connectivity index (χ0n) is 16.1. The number of para-hydroxylation sites is 1. The fourth-order valence-corrected chi connectivity index (χ4v) is 2.87. The molecule has 7 N–H and O–H groups in total. The molecule has 1 aromatic rings. The lowest BCUT2D eigenvalue weighted by atomic mass is 9.75. The van der Waals surface area contributed by atoms with Gasteiger partial charge >= 0.3 is 13.1 Å². The molecule has 1 unspecified atom stereocenters. The summed E-state index contributed by atoms with van der Waals surface area (Å²) < 4.78 is 0. The fourth-order valence-electron chi connectivity index (χ4n) is 2.87. The highest BCUT2D eigenvalue weighted by atomic mass is 16.4. The molecule has 0 aliphatic heterocycles. The van der Waals surface area contributed by atoms with Gasteiger partial charge in [-0.15, -0.1) is 0 Å². The molecule has 2 rings (SSSR count). The van der Waals surface area contributed by atoms with E-state index in [9.17, 15) is 24.7 Å². The van der Waals surface area contributed by atoms with Crippen molar-refractivity contribution in [3.63, 3.8) is 0 Å². The average molecular weight is 400 g/mol. The molecule has 0 saturated heterocycles. The number of carboxylic acids is 1. The summed E-state index contributed by atoms with van der Waals surface area (Å²) in [6, 6.07) is 4.08. The Balaban J connectivity index is 2.16. The molecular formula is C20H25BN2O6. The van der Waals surface area contributed by atoms with Gasteiger partial charge in [0.1, 0.15) is 11.3 Å². The summed E-state index contributed by atoms with van der Waals surface area (Å²) in [4.78, 5) is 23.6. The molecule has 9 heteroatoms. The van der Waals surface area contributed by atoms with Crippen molar-refractivity contribution in [1.29, 1.82) is 0 Å². The monoisotopic (exact) mass is 400 g/mol. The number of aromatic carboxylic acids is 1. The van der Waals surface area contributed by atoms with Crippen molar-refractivity contribution in [1.82, 2.24) is 5.32 Å². The van der Waals surface area contributed by atoms with Gasteiger partial charge < -0.3 is 31.3 Å². The number of carbonyl (C=O) groups excluding carboxylic acids is 1. The normalized spacial score (nSPS) is 16.3. The van der Waals surface area contributed by atoms with Gasteiger partial charge in [-0.25, -0.2) is 4.79 Å². The third kappa shape index (κ3) is 5.57. The van der Waals surface area contributed by atoms with E-state index >= 15 is 0 Å². The largest absolute Gasteiger partial charge is 0.507 e. The summed E-state index contributed by atoms with van der Waals surface area (Å²) in [5, 5.41) is 40.9. The Morgan fingerprint density at radius 3 is 2.55 bits per heavy atom. The minimum absolute atomic E-state index is 0.0870. The first-order chi connectivity index (χ1) is 13.6. The van der Waals surface area contributed by atoms with Crippen LogP contribution in [0.3, 0.4) is 0 Å². The second-order valence-corrected chi connectivity index (χ2v) is 7.10. The zero-order chi connectivity index (χ0) is 21.8. The van der Waals surface area contributed by atoms with E-state index in [1.165, 1.54) is 18.2 Å². The van der Waals surface area contributed by atoms with Gasteiger partial charge in [-0.2, -0.15) is 0 Å². The van der Waals surface area contributed by atoms with Gasteiger partial charge in [0.25, 0.3) is 0 Å². The quantitative estimate of drug-likeness (QED) is 0.202. The van der Waals surface area contributed by atoms with Crippen LogP contribution in [0.1, 0.15) is 35.7 Å². The van der Waals surface area contributed by atoms with Crippen LogP contribution in [0.2, 0.25) is 0 Å². The molecule has 0 bridgehead atoms. The third-order valence-corrected chi connectivity index (χ3v) is 4.80. The molecule has 1 saturated carbocycles. The summed E-state index contributed by atoms with van der Waals surface area (Å²) in [6.45, 7) is 5.56. The number of phenols is 1. The van der Waals surface area contributed by atoms with Gasteiger partial charge in [0.15, 0.2) is 0 Å². The number of carbonyl (C=O) groups is 2. The standard InChI is InChI=1S/C20H25BN2O6/c1-3-5-14(20(22)8-9-20)10-12(2)18(25)23-16(21(28)29)11-13-6-4-7-15(17(13)24)19(26)27/h3-7,10,16,24,28-29H,2,8-9,11,22H2,1H3,(H,23,25)(H,26,27). The van der Waals surface area contributed by atoms with Gasteiger partial charge in [0.2, 0.25) is 5.91 Å². The molecule has 1 atom stereocenters. The summed E-state index contributed by atoms with van der Waals surface area (Å²) in [7, 11) is -1.94. The lowest BCUT2D eigenvalue weighted by molar-refractivity contribution is -0.117. The van der Waals surface area contributed by atoms with Gasteiger partial charge in [0, 0.05) is 11.1 Å². The Kier molecular flexibility index (Phi) is 7.02. The summed E-state index contributed by atoms with van der Waals surface area (Å²) >= 11 is 0. The maximum Gasteiger partial charge on any atom is 0.475 e. The Morgan fingerprint density at radius 2 is 2.03 bits per heavy atom. The van der Waals surface area contributed by atoms with Crippen LogP contribution in [0.5, 0.6) is 5.75 Å². The van der Waals surface area contributed by atoms with Crippen molar-refractivity contribution in [3.8, 4) is 5.75 Å². The first-order valence-corrected chi connectivity index (χ1v) is 9.13. The van der Waals surface area contributed by atoms with E-state index in [1.54, 1.807) is 12.2 Å². The first-order valence-electron chi connectivity index (χ1n) is 9.13. The third-order valence-electron chi connectivity index (χ3n) is 4.80. The molecule has 1 amide bonds. The number of hydrogen-bond donors (Lipinski definition) is 6. The second kappa shape index (κ2) is 9.08. The van der Waals surface area contributed by atoms with Crippen LogP contribution in [-0.2, 0) is 11.2 Å². The molecule has 0 heterocycles. The maximum atomic E-state index is 12.5. The van der Waals surface area contributed by atoms with Crippen LogP contribution in [-0.4, -0.2) is 50.7 Å². The van der Waals surface area contributed by atoms with Crippen LogP contribution >= 0.6 is 0 Å². The number of carboxylic acid groups (broad SMARTS) is 1. The van der Waals surface area contributed by atoms with Crippen LogP contribution in [0, 0.1) is 0 Å². The van der Waals surface area contributed by atoms with E-state index in [1.807, 2.05) is 13.0 Å². The van der Waals surface area contributed by atoms with Crippen molar-refractivity contribution in [3.05, 3.63) is 65.3 Å². The van der Waals surface area contributed by atoms with E-state index in [0.717, 1.165) is 18.4 Å². The Hall–Kier alpha value is -2.88. The Bertz CT molecular complexity index is 874. The van der Waals surface area contributed by atoms with E-state index in [4.69, 9.17) is 10.8 Å². The number of hydrogen-bond acceptors (Lipinski definition) is 6. The van der Waals surface area contributed by atoms with Crippen LogP contribution in [0.25, 0.3) is 0 Å². The van der Waals surface area contributed by atoms with Gasteiger partial charge in [-0.05, 0) is 49.5 Å². The minimum atomic E-state index is -1.94. The van der Waals surface area contributed by atoms with Crippen LogP contribution in [0.15, 0.2) is 54.2 Å². The molecule has 29 heavy (non-hydrogen) atoms. The molecule has 1 aliphatic rings. The van der Waals surface area contributed by atoms with Gasteiger partial charge in [0.05, 0.1) is 5.94 Å². The predicted octanol–water partition coefficient (Wildman–Crippen LogP) is 0.680. The predicted molar refractivity (Wildman–Crippen MR) is 109 cm³/mol. The Morgan fingerprint density at radius 1 is 1.38 bits per heavy atom. The first kappa shape index (κ1) is 22.4. The van der Waals surface area contributed by atoms with E-state index < -0.39 is 36.2 Å². The van der Waals surface area contributed by atoms with Gasteiger partial charge in [-0.3, -0.25) is 4.79 Å². The molecule has 0 aromatic heterocycles. The molecule has 154 valence electrons. The highest BCUT2D eigenvalue weighted by Crippen LogP contribution is 2.40. The molecule has 0 spiro atoms. The highest BCUT2D eigenvalue weighted by Gasteiger charge is 2.41. The smallest absolute Gasteiger partial charge is 0.475 e. The lowest BCUT2D eigenvalue weighted by Gasteiger charge is -2.19. The number of nitrogens with one attached hydrogen (secondary N) is 1. The number of benzene rings is 1. The molecule has 0 radical (unpaired) electrons. The van der Waals surface area contributed by atoms with Crippen molar-refractivity contribution in [2.24, 2.45) is 5.73 Å². The minimum Gasteiger partial charge on any atom is -0.507 e. The summed E-state index contributed by atoms with van der Waals surface area (Å²) in [5.74, 6) is -3.64. The van der Waals surface area contributed by atoms with Crippen molar-refractivity contribution < 1.29 is 29.9 Å². The number of amides is 1. The van der Waals surface area contributed by atoms with Crippen LogP contribution < -0.4 is 11.1 Å². The highest BCUT2D eigenvalue weighted by molar-refractivity contribution is 6.43. The lowest BCUT2D eigenvalue weighted by Crippen LogP contribution is -2.48.